The highest BCUT2D eigenvalue weighted by atomic mass is 79.9. The first-order valence-electron chi connectivity index (χ1n) is 5.35. The summed E-state index contributed by atoms with van der Waals surface area (Å²) in [5, 5.41) is 8.66. The quantitative estimate of drug-likeness (QED) is 0.747. The second-order valence-corrected chi connectivity index (χ2v) is 4.52. The molecule has 0 saturated heterocycles. The van der Waals surface area contributed by atoms with Crippen molar-refractivity contribution in [1.29, 1.82) is 0 Å². The summed E-state index contributed by atoms with van der Waals surface area (Å²) in [5.74, 6) is 0.590. The molecule has 0 aliphatic carbocycles. The van der Waals surface area contributed by atoms with Crippen LogP contribution in [0.25, 0.3) is 0 Å². The largest absolute Gasteiger partial charge is 0.371 e. The van der Waals surface area contributed by atoms with Gasteiger partial charge in [0.15, 0.2) is 17.3 Å². The average Bonchev–Trinajstić information content (AvgIpc) is 2.40. The standard InChI is InChI=1S/C11H11BrN6O/c1-14-9-8(18-19)10(17-11(13)16-9)15-7-4-2-6(12)3-5-7/h2-5H,1H3,(H4,13,14,15,16,17). The van der Waals surface area contributed by atoms with Crippen molar-refractivity contribution in [2.45, 2.75) is 0 Å². The number of nitroso groups, excluding NO2 is 1. The number of nitrogens with zero attached hydrogens (tertiary/aromatic N) is 3. The summed E-state index contributed by atoms with van der Waals surface area (Å²) in [6.45, 7) is 0. The highest BCUT2D eigenvalue weighted by Crippen LogP contribution is 2.33. The van der Waals surface area contributed by atoms with Crippen molar-refractivity contribution in [3.8, 4) is 0 Å². The summed E-state index contributed by atoms with van der Waals surface area (Å²) in [5.41, 5.74) is 6.42. The molecule has 4 N–H and O–H groups in total. The van der Waals surface area contributed by atoms with E-state index in [1.54, 1.807) is 7.05 Å². The number of halogens is 1. The number of hydrogen-bond donors (Lipinski definition) is 3. The Hall–Kier alpha value is -2.22. The summed E-state index contributed by atoms with van der Waals surface area (Å²) in [7, 11) is 1.62. The van der Waals surface area contributed by atoms with Gasteiger partial charge in [-0.1, -0.05) is 15.9 Å². The van der Waals surface area contributed by atoms with Gasteiger partial charge < -0.3 is 16.4 Å². The Bertz CT molecular complexity index is 601. The molecule has 8 heteroatoms. The first-order valence-corrected chi connectivity index (χ1v) is 6.14. The number of benzene rings is 1. The van der Waals surface area contributed by atoms with Gasteiger partial charge in [-0.3, -0.25) is 0 Å². The molecule has 0 unspecified atom stereocenters. The third-order valence-corrected chi connectivity index (χ3v) is 2.87. The van der Waals surface area contributed by atoms with Crippen LogP contribution in [0.3, 0.4) is 0 Å². The molecule has 0 aliphatic rings. The predicted molar refractivity (Wildman–Crippen MR) is 78.9 cm³/mol. The molecule has 0 fully saturated rings. The Labute approximate surface area is 117 Å². The van der Waals surface area contributed by atoms with Crippen molar-refractivity contribution in [1.82, 2.24) is 9.97 Å². The van der Waals surface area contributed by atoms with Gasteiger partial charge in [0.1, 0.15) is 0 Å². The monoisotopic (exact) mass is 322 g/mol. The molecule has 0 aliphatic heterocycles. The zero-order chi connectivity index (χ0) is 13.8. The molecule has 0 saturated carbocycles. The van der Waals surface area contributed by atoms with Crippen LogP contribution in [0.2, 0.25) is 0 Å². The Balaban J connectivity index is 2.41. The van der Waals surface area contributed by atoms with Crippen LogP contribution in [0.5, 0.6) is 0 Å². The second kappa shape index (κ2) is 5.61. The summed E-state index contributed by atoms with van der Waals surface area (Å²) in [6.07, 6.45) is 0. The molecule has 0 bridgehead atoms. The maximum Gasteiger partial charge on any atom is 0.224 e. The topological polar surface area (TPSA) is 105 Å². The first-order chi connectivity index (χ1) is 9.13. The van der Waals surface area contributed by atoms with E-state index in [0.717, 1.165) is 10.2 Å². The van der Waals surface area contributed by atoms with Gasteiger partial charge in [-0.05, 0) is 29.4 Å². The number of rotatable bonds is 4. The molecule has 1 heterocycles. The highest BCUT2D eigenvalue weighted by Gasteiger charge is 2.13. The molecule has 1 aromatic carbocycles. The van der Waals surface area contributed by atoms with Crippen LogP contribution in [0, 0.1) is 4.91 Å². The van der Waals surface area contributed by atoms with E-state index in [2.05, 4.69) is 41.7 Å². The zero-order valence-electron chi connectivity index (χ0n) is 10.0. The molecule has 7 nitrogen and oxygen atoms in total. The molecule has 0 atom stereocenters. The van der Waals surface area contributed by atoms with Crippen LogP contribution in [0.15, 0.2) is 33.9 Å². The number of nitrogens with one attached hydrogen (secondary N) is 2. The lowest BCUT2D eigenvalue weighted by atomic mass is 10.3. The van der Waals surface area contributed by atoms with Gasteiger partial charge in [0.05, 0.1) is 0 Å². The van der Waals surface area contributed by atoms with E-state index in [1.165, 1.54) is 0 Å². The number of hydrogen-bond acceptors (Lipinski definition) is 7. The molecule has 0 amide bonds. The fraction of sp³-hybridized carbons (Fsp3) is 0.0909. The normalized spacial score (nSPS) is 10.0. The van der Waals surface area contributed by atoms with E-state index in [9.17, 15) is 4.91 Å². The fourth-order valence-electron chi connectivity index (χ4n) is 1.49. The Morgan fingerprint density at radius 3 is 2.42 bits per heavy atom. The molecule has 19 heavy (non-hydrogen) atoms. The number of nitrogens with two attached hydrogens (primary N) is 1. The van der Waals surface area contributed by atoms with Gasteiger partial charge >= 0.3 is 0 Å². The Morgan fingerprint density at radius 2 is 1.84 bits per heavy atom. The smallest absolute Gasteiger partial charge is 0.224 e. The zero-order valence-corrected chi connectivity index (χ0v) is 11.6. The third-order valence-electron chi connectivity index (χ3n) is 2.34. The first kappa shape index (κ1) is 13.2. The maximum absolute atomic E-state index is 10.9. The number of aromatic nitrogens is 2. The van der Waals surface area contributed by atoms with E-state index in [0.29, 0.717) is 0 Å². The van der Waals surface area contributed by atoms with E-state index in [4.69, 9.17) is 5.73 Å². The molecule has 1 aromatic heterocycles. The molecule has 2 aromatic rings. The van der Waals surface area contributed by atoms with Crippen LogP contribution >= 0.6 is 15.9 Å². The summed E-state index contributed by atoms with van der Waals surface area (Å²) < 4.78 is 0.949. The molecule has 98 valence electrons. The molecular formula is C11H11BrN6O. The summed E-state index contributed by atoms with van der Waals surface area (Å²) in [4.78, 5) is 18.8. The highest BCUT2D eigenvalue weighted by molar-refractivity contribution is 9.10. The maximum atomic E-state index is 10.9. The predicted octanol–water partition coefficient (Wildman–Crippen LogP) is 3.00. The Morgan fingerprint density at radius 1 is 1.21 bits per heavy atom. The Kier molecular flexibility index (Phi) is 3.91. The van der Waals surface area contributed by atoms with Crippen molar-refractivity contribution < 1.29 is 0 Å². The van der Waals surface area contributed by atoms with Crippen molar-refractivity contribution in [3.63, 3.8) is 0 Å². The lowest BCUT2D eigenvalue weighted by Crippen LogP contribution is -2.04. The van der Waals surface area contributed by atoms with Crippen LogP contribution in [0.1, 0.15) is 0 Å². The summed E-state index contributed by atoms with van der Waals surface area (Å²) >= 11 is 3.34. The minimum Gasteiger partial charge on any atom is -0.371 e. The average molecular weight is 323 g/mol. The van der Waals surface area contributed by atoms with Gasteiger partial charge in [-0.2, -0.15) is 9.97 Å². The van der Waals surface area contributed by atoms with Crippen molar-refractivity contribution >= 4 is 44.9 Å². The number of nitrogen functional groups attached to an aromatic ring is 1. The minimum absolute atomic E-state index is 0.0522. The van der Waals surface area contributed by atoms with Crippen LogP contribution in [-0.4, -0.2) is 17.0 Å². The van der Waals surface area contributed by atoms with E-state index in [-0.39, 0.29) is 23.3 Å². The van der Waals surface area contributed by atoms with Gasteiger partial charge in [-0.15, -0.1) is 4.91 Å². The van der Waals surface area contributed by atoms with E-state index >= 15 is 0 Å². The van der Waals surface area contributed by atoms with Crippen LogP contribution < -0.4 is 16.4 Å². The van der Waals surface area contributed by atoms with Crippen molar-refractivity contribution in [3.05, 3.63) is 33.6 Å². The van der Waals surface area contributed by atoms with Gasteiger partial charge in [-0.25, -0.2) is 0 Å². The third kappa shape index (κ3) is 2.97. The number of anilines is 4. The van der Waals surface area contributed by atoms with E-state index < -0.39 is 0 Å². The molecule has 2 rings (SSSR count). The second-order valence-electron chi connectivity index (χ2n) is 3.60. The summed E-state index contributed by atoms with van der Waals surface area (Å²) in [6, 6.07) is 7.38. The molecule has 0 spiro atoms. The lowest BCUT2D eigenvalue weighted by molar-refractivity contribution is 1.16. The fourth-order valence-corrected chi connectivity index (χ4v) is 1.75. The SMILES string of the molecule is CNc1nc(N)nc(Nc2ccc(Br)cc2)c1N=O. The molecular weight excluding hydrogens is 312 g/mol. The van der Waals surface area contributed by atoms with Gasteiger partial charge in [0.2, 0.25) is 5.95 Å². The lowest BCUT2D eigenvalue weighted by Gasteiger charge is -2.10. The van der Waals surface area contributed by atoms with E-state index in [1.807, 2.05) is 24.3 Å². The van der Waals surface area contributed by atoms with Crippen LogP contribution in [-0.2, 0) is 0 Å². The minimum atomic E-state index is 0.0522. The molecule has 0 radical (unpaired) electrons. The van der Waals surface area contributed by atoms with Crippen molar-refractivity contribution in [2.75, 3.05) is 23.4 Å². The van der Waals surface area contributed by atoms with Crippen LogP contribution in [0.4, 0.5) is 29.0 Å². The van der Waals surface area contributed by atoms with Gasteiger partial charge in [0, 0.05) is 17.2 Å². The van der Waals surface area contributed by atoms with Crippen molar-refractivity contribution in [2.24, 2.45) is 5.18 Å². The van der Waals surface area contributed by atoms with Gasteiger partial charge in [0.25, 0.3) is 0 Å².